The van der Waals surface area contributed by atoms with Crippen LogP contribution in [0.1, 0.15) is 130 Å². The summed E-state index contributed by atoms with van der Waals surface area (Å²) >= 11 is 0. The molecule has 0 fully saturated rings. The van der Waals surface area contributed by atoms with Gasteiger partial charge in [-0.25, -0.2) is 0 Å². The van der Waals surface area contributed by atoms with Crippen LogP contribution in [0.25, 0.3) is 0 Å². The number of carbonyl (C=O) groups is 1. The van der Waals surface area contributed by atoms with Crippen molar-refractivity contribution in [3.05, 3.63) is 0 Å². The number of hydrogen-bond donors (Lipinski definition) is 0. The number of rotatable bonds is 19. The SMILES string of the molecule is CCCCCCCCCCC(=O)OCCCCCCCCCC(C)C. The number of ether oxygens (including phenoxy) is 1. The fourth-order valence-electron chi connectivity index (χ4n) is 3.20. The molecule has 0 amide bonds. The number of hydrogen-bond acceptors (Lipinski definition) is 2. The van der Waals surface area contributed by atoms with E-state index >= 15 is 0 Å². The molecule has 0 aromatic heterocycles. The Labute approximate surface area is 158 Å². The second-order valence-corrected chi connectivity index (χ2v) is 8.10. The van der Waals surface area contributed by atoms with Crippen LogP contribution in [0, 0.1) is 5.92 Å². The predicted molar refractivity (Wildman–Crippen MR) is 110 cm³/mol. The van der Waals surface area contributed by atoms with Crippen LogP contribution in [0.4, 0.5) is 0 Å². The summed E-state index contributed by atoms with van der Waals surface area (Å²) in [5, 5.41) is 0. The summed E-state index contributed by atoms with van der Waals surface area (Å²) in [6.45, 7) is 7.48. The first kappa shape index (κ1) is 24.5. The van der Waals surface area contributed by atoms with Crippen molar-refractivity contribution < 1.29 is 9.53 Å². The lowest BCUT2D eigenvalue weighted by Gasteiger charge is -2.06. The van der Waals surface area contributed by atoms with Crippen molar-refractivity contribution in [2.24, 2.45) is 5.92 Å². The van der Waals surface area contributed by atoms with Gasteiger partial charge in [-0.05, 0) is 18.8 Å². The highest BCUT2D eigenvalue weighted by atomic mass is 16.5. The molecular weight excluding hydrogens is 308 g/mol. The van der Waals surface area contributed by atoms with Gasteiger partial charge in [0.2, 0.25) is 0 Å². The lowest BCUT2D eigenvalue weighted by atomic mass is 10.0. The molecule has 0 atom stereocenters. The first-order chi connectivity index (χ1) is 12.2. The van der Waals surface area contributed by atoms with Crippen molar-refractivity contribution in [2.45, 2.75) is 130 Å². The van der Waals surface area contributed by atoms with E-state index in [9.17, 15) is 4.79 Å². The maximum atomic E-state index is 11.7. The molecule has 0 aliphatic carbocycles. The Morgan fingerprint density at radius 1 is 0.680 bits per heavy atom. The summed E-state index contributed by atoms with van der Waals surface area (Å²) in [7, 11) is 0. The Kier molecular flexibility index (Phi) is 19.4. The molecule has 0 N–H and O–H groups in total. The number of esters is 1. The Hall–Kier alpha value is -0.530. The van der Waals surface area contributed by atoms with Gasteiger partial charge in [0.1, 0.15) is 0 Å². The van der Waals surface area contributed by atoms with E-state index in [2.05, 4.69) is 20.8 Å². The lowest BCUT2D eigenvalue weighted by Crippen LogP contribution is -2.05. The van der Waals surface area contributed by atoms with Gasteiger partial charge in [-0.3, -0.25) is 4.79 Å². The van der Waals surface area contributed by atoms with E-state index in [1.54, 1.807) is 0 Å². The number of unbranched alkanes of at least 4 members (excludes halogenated alkanes) is 13. The van der Waals surface area contributed by atoms with Crippen molar-refractivity contribution >= 4 is 5.97 Å². The topological polar surface area (TPSA) is 26.3 Å². The third-order valence-corrected chi connectivity index (χ3v) is 4.92. The van der Waals surface area contributed by atoms with Gasteiger partial charge in [0.25, 0.3) is 0 Å². The zero-order chi connectivity index (χ0) is 18.6. The maximum absolute atomic E-state index is 11.7. The molecule has 0 aromatic carbocycles. The summed E-state index contributed by atoms with van der Waals surface area (Å²) in [5.74, 6) is 0.861. The molecule has 25 heavy (non-hydrogen) atoms. The Balaban J connectivity index is 3.15. The Morgan fingerprint density at radius 3 is 1.72 bits per heavy atom. The van der Waals surface area contributed by atoms with Crippen molar-refractivity contribution in [2.75, 3.05) is 6.61 Å². The van der Waals surface area contributed by atoms with E-state index in [1.807, 2.05) is 0 Å². The van der Waals surface area contributed by atoms with Gasteiger partial charge in [0, 0.05) is 6.42 Å². The molecule has 0 spiro atoms. The van der Waals surface area contributed by atoms with Gasteiger partial charge in [0.05, 0.1) is 6.61 Å². The molecular formula is C23H46O2. The first-order valence-corrected chi connectivity index (χ1v) is 11.3. The summed E-state index contributed by atoms with van der Waals surface area (Å²) in [4.78, 5) is 11.7. The monoisotopic (exact) mass is 354 g/mol. The molecule has 2 heteroatoms. The first-order valence-electron chi connectivity index (χ1n) is 11.3. The second-order valence-electron chi connectivity index (χ2n) is 8.10. The van der Waals surface area contributed by atoms with Gasteiger partial charge in [-0.1, -0.05) is 111 Å². The van der Waals surface area contributed by atoms with Crippen molar-refractivity contribution in [3.8, 4) is 0 Å². The van der Waals surface area contributed by atoms with E-state index in [1.165, 1.54) is 89.9 Å². The molecule has 0 aliphatic heterocycles. The normalized spacial score (nSPS) is 11.2. The van der Waals surface area contributed by atoms with Crippen molar-refractivity contribution in [1.29, 1.82) is 0 Å². The van der Waals surface area contributed by atoms with Gasteiger partial charge in [0.15, 0.2) is 0 Å². The third-order valence-electron chi connectivity index (χ3n) is 4.92. The highest BCUT2D eigenvalue weighted by Gasteiger charge is 2.02. The van der Waals surface area contributed by atoms with Crippen LogP contribution in [0.2, 0.25) is 0 Å². The van der Waals surface area contributed by atoms with E-state index in [0.717, 1.165) is 18.8 Å². The fourth-order valence-corrected chi connectivity index (χ4v) is 3.20. The van der Waals surface area contributed by atoms with Crippen LogP contribution in [-0.4, -0.2) is 12.6 Å². The molecule has 0 bridgehead atoms. The second kappa shape index (κ2) is 19.8. The highest BCUT2D eigenvalue weighted by Crippen LogP contribution is 2.12. The van der Waals surface area contributed by atoms with Gasteiger partial charge in [-0.15, -0.1) is 0 Å². The van der Waals surface area contributed by atoms with Crippen LogP contribution in [0.15, 0.2) is 0 Å². The van der Waals surface area contributed by atoms with E-state index < -0.39 is 0 Å². The van der Waals surface area contributed by atoms with Crippen LogP contribution in [0.5, 0.6) is 0 Å². The molecule has 0 saturated carbocycles. The predicted octanol–water partition coefficient (Wildman–Crippen LogP) is 7.84. The average molecular weight is 355 g/mol. The zero-order valence-corrected chi connectivity index (χ0v) is 17.6. The molecule has 150 valence electrons. The van der Waals surface area contributed by atoms with E-state index in [4.69, 9.17) is 4.74 Å². The number of carbonyl (C=O) groups excluding carboxylic acids is 1. The van der Waals surface area contributed by atoms with Gasteiger partial charge in [-0.2, -0.15) is 0 Å². The van der Waals surface area contributed by atoms with Crippen molar-refractivity contribution in [3.63, 3.8) is 0 Å². The molecule has 0 heterocycles. The molecule has 0 aromatic rings. The van der Waals surface area contributed by atoms with Gasteiger partial charge < -0.3 is 4.74 Å². The van der Waals surface area contributed by atoms with Crippen molar-refractivity contribution in [1.82, 2.24) is 0 Å². The average Bonchev–Trinajstić information content (AvgIpc) is 2.58. The van der Waals surface area contributed by atoms with E-state index in [-0.39, 0.29) is 5.97 Å². The summed E-state index contributed by atoms with van der Waals surface area (Å²) in [5.41, 5.74) is 0. The minimum absolute atomic E-state index is 0.0136. The quantitative estimate of drug-likeness (QED) is 0.174. The van der Waals surface area contributed by atoms with Crippen LogP contribution >= 0.6 is 0 Å². The maximum Gasteiger partial charge on any atom is 0.305 e. The minimum atomic E-state index is 0.0136. The molecule has 0 unspecified atom stereocenters. The molecule has 0 saturated heterocycles. The highest BCUT2D eigenvalue weighted by molar-refractivity contribution is 5.69. The summed E-state index contributed by atoms with van der Waals surface area (Å²) in [6, 6.07) is 0. The van der Waals surface area contributed by atoms with Gasteiger partial charge >= 0.3 is 5.97 Å². The van der Waals surface area contributed by atoms with Crippen LogP contribution in [-0.2, 0) is 9.53 Å². The largest absolute Gasteiger partial charge is 0.466 e. The zero-order valence-electron chi connectivity index (χ0n) is 17.6. The Bertz CT molecular complexity index is 273. The van der Waals surface area contributed by atoms with Crippen LogP contribution in [0.3, 0.4) is 0 Å². The molecule has 0 radical (unpaired) electrons. The van der Waals surface area contributed by atoms with Crippen LogP contribution < -0.4 is 0 Å². The minimum Gasteiger partial charge on any atom is -0.466 e. The van der Waals surface area contributed by atoms with E-state index in [0.29, 0.717) is 13.0 Å². The molecule has 0 rings (SSSR count). The lowest BCUT2D eigenvalue weighted by molar-refractivity contribution is -0.143. The molecule has 2 nitrogen and oxygen atoms in total. The Morgan fingerprint density at radius 2 is 1.16 bits per heavy atom. The standard InChI is InChI=1S/C23H46O2/c1-4-5-6-7-8-11-14-17-20-23(24)25-21-18-15-12-9-10-13-16-19-22(2)3/h22H,4-21H2,1-3H3. The summed E-state index contributed by atoms with van der Waals surface area (Å²) in [6.07, 6.45) is 21.2. The molecule has 0 aliphatic rings. The summed E-state index contributed by atoms with van der Waals surface area (Å²) < 4.78 is 5.33. The third kappa shape index (κ3) is 21.4. The smallest absolute Gasteiger partial charge is 0.305 e. The fraction of sp³-hybridized carbons (Fsp3) is 0.957.